The fraction of sp³-hybridized carbons (Fsp3) is 1.00. The fourth-order valence-corrected chi connectivity index (χ4v) is 3.89. The van der Waals surface area contributed by atoms with Gasteiger partial charge in [-0.3, -0.25) is 0 Å². The summed E-state index contributed by atoms with van der Waals surface area (Å²) in [5.41, 5.74) is 0. The molecule has 0 spiro atoms. The van der Waals surface area contributed by atoms with Crippen molar-refractivity contribution < 1.29 is 74.7 Å². The predicted molar refractivity (Wildman–Crippen MR) is 99.8 cm³/mol. The van der Waals surface area contributed by atoms with Gasteiger partial charge < -0.3 is 74.7 Å². The van der Waals surface area contributed by atoms with Crippen molar-refractivity contribution in [1.82, 2.24) is 0 Å². The molecule has 15 atom stereocenters. The van der Waals surface area contributed by atoms with Gasteiger partial charge in [0.1, 0.15) is 67.1 Å². The van der Waals surface area contributed by atoms with Crippen molar-refractivity contribution in [2.45, 2.75) is 99.0 Å². The Kier molecular flexibility index (Phi) is 8.99. The predicted octanol–water partition coefficient (Wildman–Crippen LogP) is -6.55. The summed E-state index contributed by atoms with van der Waals surface area (Å²) in [6.07, 6.45) is -23.5. The molecule has 3 saturated heterocycles. The lowest BCUT2D eigenvalue weighted by molar-refractivity contribution is -0.359. The van der Waals surface area contributed by atoms with Gasteiger partial charge >= 0.3 is 0 Å². The van der Waals surface area contributed by atoms with Crippen LogP contribution in [0, 0.1) is 0 Å². The molecule has 0 saturated carbocycles. The lowest BCUT2D eigenvalue weighted by atomic mass is 9.97. The number of aliphatic hydroxyl groups excluding tert-OH is 10. The normalized spacial score (nSPS) is 53.7. The molecule has 15 nitrogen and oxygen atoms in total. The van der Waals surface area contributed by atoms with Crippen LogP contribution in [0.4, 0.5) is 0 Å². The van der Waals surface area contributed by atoms with Gasteiger partial charge in [-0.1, -0.05) is 0 Å². The van der Waals surface area contributed by atoms with Crippen LogP contribution in [0.15, 0.2) is 0 Å². The van der Waals surface area contributed by atoms with Crippen molar-refractivity contribution >= 4 is 0 Å². The highest BCUT2D eigenvalue weighted by atomic mass is 16.7. The Morgan fingerprint density at radius 1 is 0.606 bits per heavy atom. The third kappa shape index (κ3) is 5.48. The molecule has 33 heavy (non-hydrogen) atoms. The van der Waals surface area contributed by atoms with Gasteiger partial charge in [0.2, 0.25) is 0 Å². The van der Waals surface area contributed by atoms with Crippen molar-refractivity contribution in [1.29, 1.82) is 0 Å². The van der Waals surface area contributed by atoms with Gasteiger partial charge in [0.25, 0.3) is 0 Å². The smallest absolute Gasteiger partial charge is 0.187 e. The van der Waals surface area contributed by atoms with Crippen molar-refractivity contribution in [3.63, 3.8) is 0 Å². The molecule has 0 radical (unpaired) electrons. The summed E-state index contributed by atoms with van der Waals surface area (Å²) in [5, 5.41) is 99.5. The van der Waals surface area contributed by atoms with Crippen LogP contribution in [0.5, 0.6) is 0 Å². The van der Waals surface area contributed by atoms with E-state index in [-0.39, 0.29) is 0 Å². The van der Waals surface area contributed by atoms with Gasteiger partial charge in [0.05, 0.1) is 19.3 Å². The first kappa shape index (κ1) is 27.0. The summed E-state index contributed by atoms with van der Waals surface area (Å²) in [6, 6.07) is 0. The Morgan fingerprint density at radius 3 is 1.85 bits per heavy atom. The van der Waals surface area contributed by atoms with E-state index in [9.17, 15) is 51.1 Å². The monoisotopic (exact) mass is 488 g/mol. The second kappa shape index (κ2) is 11.0. The molecule has 0 aliphatic carbocycles. The Hall–Kier alpha value is -0.600. The second-order valence-electron chi connectivity index (χ2n) is 8.36. The Morgan fingerprint density at radius 2 is 1.21 bits per heavy atom. The molecule has 3 fully saturated rings. The summed E-state index contributed by atoms with van der Waals surface area (Å²) in [4.78, 5) is 0. The molecule has 0 bridgehead atoms. The Balaban J connectivity index is 1.64. The molecule has 3 aliphatic rings. The standard InChI is InChI=1S/C18H32O15/c1-4-7(20)10(23)13(26)18(30-4)33-15-9(22)6(31-16(28)14(15)27)3-29-17-12(25)11(24)8(21)5(2-19)32-17/h4-28H,2-3H2,1H3/t4-,5+,6+,7-,8+,9+,10+,11-,12+,13+,14+,15-,16+,17+,18-/m0/s1. The van der Waals surface area contributed by atoms with Gasteiger partial charge in [-0.15, -0.1) is 0 Å². The molecule has 10 N–H and O–H groups in total. The molecule has 0 unspecified atom stereocenters. The van der Waals surface area contributed by atoms with Crippen molar-refractivity contribution in [3.05, 3.63) is 0 Å². The van der Waals surface area contributed by atoms with E-state index in [0.29, 0.717) is 0 Å². The van der Waals surface area contributed by atoms with E-state index in [2.05, 4.69) is 0 Å². The van der Waals surface area contributed by atoms with Crippen LogP contribution >= 0.6 is 0 Å². The van der Waals surface area contributed by atoms with E-state index in [1.807, 2.05) is 0 Å². The zero-order valence-corrected chi connectivity index (χ0v) is 17.6. The number of hydrogen-bond donors (Lipinski definition) is 10. The van der Waals surface area contributed by atoms with Crippen LogP contribution < -0.4 is 0 Å². The lowest BCUT2D eigenvalue weighted by Gasteiger charge is -2.45. The van der Waals surface area contributed by atoms with E-state index in [0.717, 1.165) is 0 Å². The number of hydrogen-bond acceptors (Lipinski definition) is 15. The Bertz CT molecular complexity index is 624. The molecule has 0 aromatic rings. The van der Waals surface area contributed by atoms with E-state index in [1.54, 1.807) is 0 Å². The second-order valence-corrected chi connectivity index (χ2v) is 8.36. The molecule has 15 heteroatoms. The number of aliphatic hydroxyl groups is 10. The van der Waals surface area contributed by atoms with Gasteiger partial charge in [0, 0.05) is 0 Å². The zero-order valence-electron chi connectivity index (χ0n) is 17.6. The molecule has 0 aromatic heterocycles. The summed E-state index contributed by atoms with van der Waals surface area (Å²) in [5.74, 6) is 0. The van der Waals surface area contributed by atoms with Gasteiger partial charge in [0.15, 0.2) is 18.9 Å². The quantitative estimate of drug-likeness (QED) is 0.167. The van der Waals surface area contributed by atoms with Gasteiger partial charge in [-0.2, -0.15) is 0 Å². The maximum Gasteiger partial charge on any atom is 0.187 e. The molecule has 194 valence electrons. The third-order valence-electron chi connectivity index (χ3n) is 6.03. The molecule has 3 rings (SSSR count). The molecule has 0 aromatic carbocycles. The van der Waals surface area contributed by atoms with Crippen molar-refractivity contribution in [2.24, 2.45) is 0 Å². The SMILES string of the molecule is C[C@@H]1O[C@@H](O[C@@H]2[C@@H](O)[C@H](O)O[C@H](CO[C@@H]3O[C@H](CO)[C@@H](O)[C@H](O)[C@H]3O)[C@H]2O)[C@H](O)[C@H](O)[C@H]1O. The van der Waals surface area contributed by atoms with E-state index < -0.39 is 105 Å². The first-order valence-electron chi connectivity index (χ1n) is 10.4. The molecule has 3 aliphatic heterocycles. The molecule has 3 heterocycles. The first-order valence-corrected chi connectivity index (χ1v) is 10.4. The lowest BCUT2D eigenvalue weighted by Crippen LogP contribution is -2.64. The zero-order chi connectivity index (χ0) is 24.6. The molecular formula is C18H32O15. The highest BCUT2D eigenvalue weighted by Gasteiger charge is 2.50. The molecular weight excluding hydrogens is 456 g/mol. The first-order chi connectivity index (χ1) is 15.5. The average Bonchev–Trinajstić information content (AvgIpc) is 2.79. The number of rotatable bonds is 6. The van der Waals surface area contributed by atoms with Crippen LogP contribution in [-0.4, -0.2) is 156 Å². The van der Waals surface area contributed by atoms with E-state index in [1.165, 1.54) is 6.92 Å². The summed E-state index contributed by atoms with van der Waals surface area (Å²) in [7, 11) is 0. The fourth-order valence-electron chi connectivity index (χ4n) is 3.89. The highest BCUT2D eigenvalue weighted by molar-refractivity contribution is 4.94. The summed E-state index contributed by atoms with van der Waals surface area (Å²) >= 11 is 0. The Labute approximate surface area is 187 Å². The third-order valence-corrected chi connectivity index (χ3v) is 6.03. The van der Waals surface area contributed by atoms with Crippen LogP contribution in [0.2, 0.25) is 0 Å². The summed E-state index contributed by atoms with van der Waals surface area (Å²) < 4.78 is 26.3. The van der Waals surface area contributed by atoms with Crippen LogP contribution in [0.3, 0.4) is 0 Å². The van der Waals surface area contributed by atoms with Gasteiger partial charge in [-0.05, 0) is 6.92 Å². The average molecular weight is 488 g/mol. The van der Waals surface area contributed by atoms with Crippen LogP contribution in [0.1, 0.15) is 6.92 Å². The maximum absolute atomic E-state index is 10.6. The minimum absolute atomic E-state index is 0.570. The largest absolute Gasteiger partial charge is 0.394 e. The van der Waals surface area contributed by atoms with Crippen LogP contribution in [-0.2, 0) is 23.7 Å². The molecule has 0 amide bonds. The maximum atomic E-state index is 10.6. The number of ether oxygens (including phenoxy) is 5. The topological polar surface area (TPSA) is 248 Å². The van der Waals surface area contributed by atoms with Crippen molar-refractivity contribution in [2.75, 3.05) is 13.2 Å². The highest BCUT2D eigenvalue weighted by Crippen LogP contribution is 2.29. The van der Waals surface area contributed by atoms with Gasteiger partial charge in [-0.25, -0.2) is 0 Å². The van der Waals surface area contributed by atoms with Crippen LogP contribution in [0.25, 0.3) is 0 Å². The van der Waals surface area contributed by atoms with Crippen molar-refractivity contribution in [3.8, 4) is 0 Å². The van der Waals surface area contributed by atoms with E-state index in [4.69, 9.17) is 23.7 Å². The minimum Gasteiger partial charge on any atom is -0.394 e. The van der Waals surface area contributed by atoms with E-state index >= 15 is 0 Å². The summed E-state index contributed by atoms with van der Waals surface area (Å²) in [6.45, 7) is 0.148. The minimum atomic E-state index is -1.88.